The Kier molecular flexibility index (Phi) is 5.92. The highest BCUT2D eigenvalue weighted by molar-refractivity contribution is 6.42. The lowest BCUT2D eigenvalue weighted by Crippen LogP contribution is -2.18. The number of nitrogens with one attached hydrogen (secondary N) is 1. The Morgan fingerprint density at radius 2 is 1.85 bits per heavy atom. The van der Waals surface area contributed by atoms with Crippen LogP contribution in [0.2, 0.25) is 10.0 Å². The molecule has 1 amide bonds. The van der Waals surface area contributed by atoms with E-state index in [0.717, 1.165) is 10.7 Å². The van der Waals surface area contributed by atoms with Gasteiger partial charge in [-0.15, -0.1) is 0 Å². The first kappa shape index (κ1) is 20.2. The zero-order valence-electron chi connectivity index (χ0n) is 13.8. The Morgan fingerprint density at radius 3 is 2.38 bits per heavy atom. The Labute approximate surface area is 156 Å². The summed E-state index contributed by atoms with van der Waals surface area (Å²) in [5, 5.41) is 5.95. The van der Waals surface area contributed by atoms with E-state index in [-0.39, 0.29) is 33.5 Å². The van der Waals surface area contributed by atoms with Crippen LogP contribution < -0.4 is 10.1 Å². The molecule has 2 rings (SSSR count). The molecule has 142 valence electrons. The van der Waals surface area contributed by atoms with Crippen LogP contribution in [0.15, 0.2) is 18.2 Å². The molecule has 1 aromatic heterocycles. The van der Waals surface area contributed by atoms with E-state index >= 15 is 0 Å². The molecule has 0 aliphatic heterocycles. The van der Waals surface area contributed by atoms with Gasteiger partial charge in [-0.2, -0.15) is 18.3 Å². The maximum atomic E-state index is 12.8. The van der Waals surface area contributed by atoms with E-state index < -0.39 is 18.0 Å². The Bertz CT molecular complexity index is 822. The van der Waals surface area contributed by atoms with Crippen LogP contribution in [0.1, 0.15) is 19.5 Å². The van der Waals surface area contributed by atoms with E-state index in [1.54, 1.807) is 13.8 Å². The molecule has 0 radical (unpaired) electrons. The van der Waals surface area contributed by atoms with Crippen LogP contribution in [0.4, 0.5) is 23.7 Å². The maximum absolute atomic E-state index is 12.8. The van der Waals surface area contributed by atoms with Crippen molar-refractivity contribution in [2.24, 2.45) is 7.05 Å². The van der Waals surface area contributed by atoms with Gasteiger partial charge in [0.2, 0.25) is 5.88 Å². The largest absolute Gasteiger partial charge is 0.447 e. The van der Waals surface area contributed by atoms with Crippen LogP contribution in [0.5, 0.6) is 11.6 Å². The molecule has 0 atom stereocenters. The van der Waals surface area contributed by atoms with Gasteiger partial charge in [-0.3, -0.25) is 5.32 Å². The number of amides is 1. The zero-order chi connectivity index (χ0) is 19.6. The van der Waals surface area contributed by atoms with Crippen LogP contribution in [0, 0.1) is 0 Å². The predicted molar refractivity (Wildman–Crippen MR) is 90.0 cm³/mol. The number of aromatic nitrogens is 2. The Morgan fingerprint density at radius 1 is 1.23 bits per heavy atom. The molecule has 1 heterocycles. The van der Waals surface area contributed by atoms with Gasteiger partial charge in [-0.25, -0.2) is 9.48 Å². The van der Waals surface area contributed by atoms with Crippen LogP contribution >= 0.6 is 23.2 Å². The normalized spacial score (nSPS) is 11.6. The Balaban J connectivity index is 2.35. The monoisotopic (exact) mass is 411 g/mol. The fourth-order valence-electron chi connectivity index (χ4n) is 1.86. The number of rotatable bonds is 4. The molecule has 0 fully saturated rings. The van der Waals surface area contributed by atoms with E-state index in [1.807, 2.05) is 0 Å². The van der Waals surface area contributed by atoms with Gasteiger partial charge in [0.15, 0.2) is 11.4 Å². The van der Waals surface area contributed by atoms with Crippen molar-refractivity contribution in [3.63, 3.8) is 0 Å². The van der Waals surface area contributed by atoms with Crippen molar-refractivity contribution in [2.45, 2.75) is 26.1 Å². The third-order valence-corrected chi connectivity index (χ3v) is 3.67. The van der Waals surface area contributed by atoms with Crippen LogP contribution in [-0.4, -0.2) is 22.0 Å². The SMILES string of the molecule is CC(C)OC(=O)Nc1cc(Cl)c(Cl)cc1Oc1cc(C(F)(F)F)nn1C. The summed E-state index contributed by atoms with van der Waals surface area (Å²) >= 11 is 11.9. The van der Waals surface area contributed by atoms with Crippen LogP contribution in [0.25, 0.3) is 0 Å². The minimum Gasteiger partial charge on any atom is -0.447 e. The first-order chi connectivity index (χ1) is 12.0. The summed E-state index contributed by atoms with van der Waals surface area (Å²) in [6.45, 7) is 3.31. The maximum Gasteiger partial charge on any atom is 0.435 e. The number of benzene rings is 1. The van der Waals surface area contributed by atoms with Gasteiger partial charge in [0.05, 0.1) is 21.8 Å². The number of carbonyl (C=O) groups excluding carboxylic acids is 1. The van der Waals surface area contributed by atoms with Crippen molar-refractivity contribution in [3.8, 4) is 11.6 Å². The van der Waals surface area contributed by atoms with E-state index in [2.05, 4.69) is 10.4 Å². The first-order valence-electron chi connectivity index (χ1n) is 7.23. The number of hydrogen-bond donors (Lipinski definition) is 1. The van der Waals surface area contributed by atoms with Gasteiger partial charge < -0.3 is 9.47 Å². The van der Waals surface area contributed by atoms with Gasteiger partial charge in [0.1, 0.15) is 0 Å². The molecule has 0 saturated carbocycles. The van der Waals surface area contributed by atoms with Crippen molar-refractivity contribution < 1.29 is 27.4 Å². The van der Waals surface area contributed by atoms with E-state index in [0.29, 0.717) is 0 Å². The number of hydrogen-bond acceptors (Lipinski definition) is 4. The minimum atomic E-state index is -4.63. The second kappa shape index (κ2) is 7.63. The zero-order valence-corrected chi connectivity index (χ0v) is 15.3. The van der Waals surface area contributed by atoms with Crippen LogP contribution in [-0.2, 0) is 18.0 Å². The van der Waals surface area contributed by atoms with Crippen molar-refractivity contribution in [1.29, 1.82) is 0 Å². The van der Waals surface area contributed by atoms with E-state index in [1.165, 1.54) is 19.2 Å². The average molecular weight is 412 g/mol. The molecule has 1 aromatic carbocycles. The molecular weight excluding hydrogens is 398 g/mol. The van der Waals surface area contributed by atoms with Crippen molar-refractivity contribution in [3.05, 3.63) is 33.9 Å². The van der Waals surface area contributed by atoms with Gasteiger partial charge in [0.25, 0.3) is 0 Å². The lowest BCUT2D eigenvalue weighted by molar-refractivity contribution is -0.141. The molecule has 0 aliphatic rings. The first-order valence-corrected chi connectivity index (χ1v) is 7.98. The summed E-state index contributed by atoms with van der Waals surface area (Å²) in [7, 11) is 1.28. The van der Waals surface area contributed by atoms with Gasteiger partial charge >= 0.3 is 12.3 Å². The molecule has 0 unspecified atom stereocenters. The summed E-state index contributed by atoms with van der Waals surface area (Å²) in [6.07, 6.45) is -5.79. The second-order valence-electron chi connectivity index (χ2n) is 5.43. The quantitative estimate of drug-likeness (QED) is 0.721. The van der Waals surface area contributed by atoms with Gasteiger partial charge in [-0.1, -0.05) is 23.2 Å². The highest BCUT2D eigenvalue weighted by Crippen LogP contribution is 2.38. The number of anilines is 1. The molecule has 0 aliphatic carbocycles. The van der Waals surface area contributed by atoms with Crippen LogP contribution in [0.3, 0.4) is 0 Å². The summed E-state index contributed by atoms with van der Waals surface area (Å²) in [6, 6.07) is 3.27. The number of carbonyl (C=O) groups is 1. The molecular formula is C15H14Cl2F3N3O3. The smallest absolute Gasteiger partial charge is 0.435 e. The molecule has 1 N–H and O–H groups in total. The standard InChI is InChI=1S/C15H14Cl2F3N3O3/c1-7(2)25-14(24)21-10-4-8(16)9(17)5-11(10)26-13-6-12(15(18,19)20)22-23(13)3/h4-7H,1-3H3,(H,21,24). The number of alkyl halides is 3. The molecule has 0 spiro atoms. The molecule has 2 aromatic rings. The Hall–Kier alpha value is -2.13. The molecule has 6 nitrogen and oxygen atoms in total. The van der Waals surface area contributed by atoms with Crippen molar-refractivity contribution in [1.82, 2.24) is 9.78 Å². The van der Waals surface area contributed by atoms with Gasteiger partial charge in [0, 0.05) is 19.2 Å². The highest BCUT2D eigenvalue weighted by Gasteiger charge is 2.35. The van der Waals surface area contributed by atoms with E-state index in [9.17, 15) is 18.0 Å². The summed E-state index contributed by atoms with van der Waals surface area (Å²) in [5.74, 6) is -0.243. The number of ether oxygens (including phenoxy) is 2. The summed E-state index contributed by atoms with van der Waals surface area (Å²) in [4.78, 5) is 11.8. The minimum absolute atomic E-state index is 0.0307. The third kappa shape index (κ3) is 4.95. The topological polar surface area (TPSA) is 65.4 Å². The molecule has 0 bridgehead atoms. The molecule has 26 heavy (non-hydrogen) atoms. The average Bonchev–Trinajstić information content (AvgIpc) is 2.84. The lowest BCUT2D eigenvalue weighted by Gasteiger charge is -2.14. The molecule has 0 saturated heterocycles. The fourth-order valence-corrected chi connectivity index (χ4v) is 2.18. The third-order valence-electron chi connectivity index (χ3n) is 2.94. The summed E-state index contributed by atoms with van der Waals surface area (Å²) in [5.41, 5.74) is -1.05. The summed E-state index contributed by atoms with van der Waals surface area (Å²) < 4.78 is 49.6. The van der Waals surface area contributed by atoms with E-state index in [4.69, 9.17) is 32.7 Å². The number of halogens is 5. The second-order valence-corrected chi connectivity index (χ2v) is 6.25. The number of nitrogens with zero attached hydrogens (tertiary/aromatic N) is 2. The molecule has 11 heteroatoms. The lowest BCUT2D eigenvalue weighted by atomic mass is 10.3. The van der Waals surface area contributed by atoms with Gasteiger partial charge in [-0.05, 0) is 19.9 Å². The fraction of sp³-hybridized carbons (Fsp3) is 0.333. The van der Waals surface area contributed by atoms with Crippen molar-refractivity contribution in [2.75, 3.05) is 5.32 Å². The van der Waals surface area contributed by atoms with Crippen molar-refractivity contribution >= 4 is 35.0 Å². The predicted octanol–water partition coefficient (Wildman–Crippen LogP) is 5.49. The highest BCUT2D eigenvalue weighted by atomic mass is 35.5. The number of aryl methyl sites for hydroxylation is 1.